The zero-order chi connectivity index (χ0) is 16.1. The second-order valence-electron chi connectivity index (χ2n) is 6.32. The van der Waals surface area contributed by atoms with Crippen molar-refractivity contribution in [2.75, 3.05) is 18.0 Å². The standard InChI is InChI=1S/C17H24N2O2S/c1-12(2)7-9-19(10-8-16(20)21)17-14(11-18)13-5-3-4-6-15(13)22-17/h12H,3-10H2,1-2H3,(H,20,21). The van der Waals surface area contributed by atoms with Crippen molar-refractivity contribution >= 4 is 22.3 Å². The summed E-state index contributed by atoms with van der Waals surface area (Å²) in [7, 11) is 0. The zero-order valence-electron chi connectivity index (χ0n) is 13.4. The molecule has 1 heterocycles. The van der Waals surface area contributed by atoms with Crippen molar-refractivity contribution in [2.24, 2.45) is 5.92 Å². The van der Waals surface area contributed by atoms with E-state index < -0.39 is 5.97 Å². The largest absolute Gasteiger partial charge is 0.481 e. The second kappa shape index (κ2) is 7.64. The molecule has 1 aromatic rings. The normalized spacial score (nSPS) is 13.7. The average Bonchev–Trinajstić information content (AvgIpc) is 2.85. The molecular weight excluding hydrogens is 296 g/mol. The Kier molecular flexibility index (Phi) is 5.84. The Morgan fingerprint density at radius 3 is 2.73 bits per heavy atom. The maximum atomic E-state index is 10.9. The van der Waals surface area contributed by atoms with Gasteiger partial charge in [0, 0.05) is 18.0 Å². The van der Waals surface area contributed by atoms with E-state index in [-0.39, 0.29) is 6.42 Å². The number of thiophene rings is 1. The van der Waals surface area contributed by atoms with Gasteiger partial charge in [0.15, 0.2) is 0 Å². The van der Waals surface area contributed by atoms with E-state index in [9.17, 15) is 10.1 Å². The van der Waals surface area contributed by atoms with E-state index in [1.54, 1.807) is 11.3 Å². The van der Waals surface area contributed by atoms with Gasteiger partial charge in [0.25, 0.3) is 0 Å². The average molecular weight is 320 g/mol. The van der Waals surface area contributed by atoms with Gasteiger partial charge in [-0.1, -0.05) is 13.8 Å². The smallest absolute Gasteiger partial charge is 0.305 e. The van der Waals surface area contributed by atoms with Gasteiger partial charge in [-0.15, -0.1) is 11.3 Å². The van der Waals surface area contributed by atoms with Gasteiger partial charge < -0.3 is 10.0 Å². The first-order valence-electron chi connectivity index (χ1n) is 8.04. The monoisotopic (exact) mass is 320 g/mol. The van der Waals surface area contributed by atoms with E-state index in [0.717, 1.165) is 42.8 Å². The second-order valence-corrected chi connectivity index (χ2v) is 7.40. The Labute approximate surface area is 136 Å². The Morgan fingerprint density at radius 2 is 2.09 bits per heavy atom. The summed E-state index contributed by atoms with van der Waals surface area (Å²) in [6, 6.07) is 2.38. The minimum absolute atomic E-state index is 0.117. The van der Waals surface area contributed by atoms with E-state index in [1.165, 1.54) is 16.9 Å². The maximum absolute atomic E-state index is 10.9. The lowest BCUT2D eigenvalue weighted by Gasteiger charge is -2.24. The third kappa shape index (κ3) is 4.01. The van der Waals surface area contributed by atoms with Crippen LogP contribution in [0.15, 0.2) is 0 Å². The third-order valence-corrected chi connectivity index (χ3v) is 5.48. The van der Waals surface area contributed by atoms with Gasteiger partial charge >= 0.3 is 5.97 Å². The van der Waals surface area contributed by atoms with Crippen molar-refractivity contribution in [3.8, 4) is 6.07 Å². The van der Waals surface area contributed by atoms with Crippen LogP contribution in [0.1, 0.15) is 55.5 Å². The molecule has 0 radical (unpaired) electrons. The molecule has 0 fully saturated rings. The number of hydrogen-bond donors (Lipinski definition) is 1. The number of carboxylic acid groups (broad SMARTS) is 1. The molecule has 0 saturated carbocycles. The van der Waals surface area contributed by atoms with Gasteiger partial charge in [0.1, 0.15) is 11.1 Å². The van der Waals surface area contributed by atoms with Crippen LogP contribution in [0.25, 0.3) is 0 Å². The summed E-state index contributed by atoms with van der Waals surface area (Å²) in [4.78, 5) is 14.4. The zero-order valence-corrected chi connectivity index (χ0v) is 14.2. The third-order valence-electron chi connectivity index (χ3n) is 4.12. The minimum atomic E-state index is -0.783. The molecule has 1 aliphatic rings. The van der Waals surface area contributed by atoms with Crippen molar-refractivity contribution in [3.05, 3.63) is 16.0 Å². The molecule has 0 bridgehead atoms. The lowest BCUT2D eigenvalue weighted by Crippen LogP contribution is -2.28. The summed E-state index contributed by atoms with van der Waals surface area (Å²) in [5, 5.41) is 19.6. The quantitative estimate of drug-likeness (QED) is 0.829. The highest BCUT2D eigenvalue weighted by atomic mass is 32.1. The maximum Gasteiger partial charge on any atom is 0.305 e. The van der Waals surface area contributed by atoms with Crippen LogP contribution in [0.4, 0.5) is 5.00 Å². The lowest BCUT2D eigenvalue weighted by atomic mass is 9.96. The molecule has 1 aromatic heterocycles. The van der Waals surface area contributed by atoms with Gasteiger partial charge in [-0.05, 0) is 43.6 Å². The van der Waals surface area contributed by atoms with Crippen LogP contribution in [-0.4, -0.2) is 24.2 Å². The van der Waals surface area contributed by atoms with Crippen LogP contribution in [0.2, 0.25) is 0 Å². The van der Waals surface area contributed by atoms with Gasteiger partial charge in [0.2, 0.25) is 0 Å². The highest BCUT2D eigenvalue weighted by Gasteiger charge is 2.24. The number of nitriles is 1. The molecule has 0 spiro atoms. The fourth-order valence-corrected chi connectivity index (χ4v) is 4.24. The summed E-state index contributed by atoms with van der Waals surface area (Å²) in [5.41, 5.74) is 2.02. The number of rotatable bonds is 7. The number of anilines is 1. The summed E-state index contributed by atoms with van der Waals surface area (Å²) < 4.78 is 0. The molecule has 0 atom stereocenters. The van der Waals surface area contributed by atoms with Crippen molar-refractivity contribution in [1.82, 2.24) is 0 Å². The summed E-state index contributed by atoms with van der Waals surface area (Å²) in [5.74, 6) is -0.221. The fourth-order valence-electron chi connectivity index (χ4n) is 2.85. The molecule has 1 N–H and O–H groups in total. The number of fused-ring (bicyclic) bond motifs is 1. The van der Waals surface area contributed by atoms with Crippen molar-refractivity contribution in [3.63, 3.8) is 0 Å². The van der Waals surface area contributed by atoms with Crippen molar-refractivity contribution in [2.45, 2.75) is 52.4 Å². The predicted molar refractivity (Wildman–Crippen MR) is 89.6 cm³/mol. The highest BCUT2D eigenvalue weighted by Crippen LogP contribution is 2.40. The molecule has 2 rings (SSSR count). The Morgan fingerprint density at radius 1 is 1.36 bits per heavy atom. The number of aliphatic carboxylic acids is 1. The van der Waals surface area contributed by atoms with E-state index in [4.69, 9.17) is 5.11 Å². The first-order valence-corrected chi connectivity index (χ1v) is 8.86. The van der Waals surface area contributed by atoms with Crippen LogP contribution < -0.4 is 4.90 Å². The van der Waals surface area contributed by atoms with Crippen LogP contribution in [0, 0.1) is 17.2 Å². The van der Waals surface area contributed by atoms with Crippen molar-refractivity contribution in [1.29, 1.82) is 5.26 Å². The molecule has 0 saturated heterocycles. The Balaban J connectivity index is 2.27. The number of aryl methyl sites for hydroxylation is 1. The van der Waals surface area contributed by atoms with Gasteiger partial charge in [0.05, 0.1) is 12.0 Å². The molecular formula is C17H24N2O2S. The van der Waals surface area contributed by atoms with Gasteiger partial charge in [-0.25, -0.2) is 0 Å². The summed E-state index contributed by atoms with van der Waals surface area (Å²) in [6.45, 7) is 5.63. The molecule has 5 heteroatoms. The number of carbonyl (C=O) groups is 1. The number of carboxylic acids is 1. The fraction of sp³-hybridized carbons (Fsp3) is 0.647. The molecule has 4 nitrogen and oxygen atoms in total. The van der Waals surface area contributed by atoms with Crippen LogP contribution >= 0.6 is 11.3 Å². The molecule has 120 valence electrons. The van der Waals surface area contributed by atoms with Crippen LogP contribution in [0.3, 0.4) is 0 Å². The highest BCUT2D eigenvalue weighted by molar-refractivity contribution is 7.16. The van der Waals surface area contributed by atoms with Crippen molar-refractivity contribution < 1.29 is 9.90 Å². The van der Waals surface area contributed by atoms with Crippen LogP contribution in [-0.2, 0) is 17.6 Å². The SMILES string of the molecule is CC(C)CCN(CCC(=O)O)c1sc2c(c1C#N)CCCC2. The topological polar surface area (TPSA) is 64.3 Å². The minimum Gasteiger partial charge on any atom is -0.481 e. The Hall–Kier alpha value is -1.54. The Bertz CT molecular complexity index is 572. The molecule has 0 unspecified atom stereocenters. The van der Waals surface area contributed by atoms with E-state index in [0.29, 0.717) is 12.5 Å². The van der Waals surface area contributed by atoms with E-state index in [1.807, 2.05) is 0 Å². The molecule has 0 amide bonds. The van der Waals surface area contributed by atoms with Gasteiger partial charge in [-0.3, -0.25) is 4.79 Å². The molecule has 0 aliphatic heterocycles. The van der Waals surface area contributed by atoms with E-state index >= 15 is 0 Å². The number of hydrogen-bond acceptors (Lipinski definition) is 4. The van der Waals surface area contributed by atoms with Gasteiger partial charge in [-0.2, -0.15) is 5.26 Å². The van der Waals surface area contributed by atoms with E-state index in [2.05, 4.69) is 24.8 Å². The summed E-state index contributed by atoms with van der Waals surface area (Å²) >= 11 is 1.71. The first kappa shape index (κ1) is 16.8. The summed E-state index contributed by atoms with van der Waals surface area (Å²) in [6.07, 6.45) is 5.52. The van der Waals surface area contributed by atoms with Crippen LogP contribution in [0.5, 0.6) is 0 Å². The lowest BCUT2D eigenvalue weighted by molar-refractivity contribution is -0.136. The predicted octanol–water partition coefficient (Wildman–Crippen LogP) is 3.83. The number of nitrogens with zero attached hydrogens (tertiary/aromatic N) is 2. The molecule has 1 aliphatic carbocycles. The molecule has 22 heavy (non-hydrogen) atoms. The first-order chi connectivity index (χ1) is 10.5. The molecule has 0 aromatic carbocycles.